The maximum atomic E-state index is 13.0. The van der Waals surface area contributed by atoms with Crippen molar-refractivity contribution in [3.63, 3.8) is 0 Å². The van der Waals surface area contributed by atoms with Crippen molar-refractivity contribution in [3.8, 4) is 0 Å². The van der Waals surface area contributed by atoms with Gasteiger partial charge in [0, 0.05) is 11.9 Å². The number of carbonyl (C=O) groups excluding carboxylic acids is 1. The lowest BCUT2D eigenvalue weighted by atomic mass is 9.72. The zero-order valence-electron chi connectivity index (χ0n) is 15.9. The average Bonchev–Trinajstić information content (AvgIpc) is 3.17. The predicted octanol–water partition coefficient (Wildman–Crippen LogP) is 2.37. The van der Waals surface area contributed by atoms with Crippen LogP contribution in [0.5, 0.6) is 0 Å². The van der Waals surface area contributed by atoms with Gasteiger partial charge in [-0.2, -0.15) is 0 Å². The molecule has 0 spiro atoms. The fourth-order valence-corrected chi connectivity index (χ4v) is 5.98. The van der Waals surface area contributed by atoms with Gasteiger partial charge >= 0.3 is 0 Å². The number of thiophene rings is 1. The Labute approximate surface area is 165 Å². The third kappa shape index (κ3) is 2.97. The van der Waals surface area contributed by atoms with Gasteiger partial charge in [0.1, 0.15) is 4.83 Å². The van der Waals surface area contributed by atoms with Crippen LogP contribution in [0.1, 0.15) is 37.6 Å². The first kappa shape index (κ1) is 18.5. The Hall–Kier alpha value is -1.87. The molecule has 9 heteroatoms. The number of thioether (sulfide) groups is 1. The SMILES string of the molecule is Cn1c(=O)c2c3c(sc2n2c(SCC(N)=O)nnc12)C[C@H](C(C)(C)C)CC3. The number of aryl methyl sites for hydroxylation is 2. The van der Waals surface area contributed by atoms with Crippen molar-refractivity contribution in [3.05, 3.63) is 20.8 Å². The molecule has 3 aromatic rings. The molecular formula is C18H23N5O2S2. The third-order valence-electron chi connectivity index (χ3n) is 5.45. The van der Waals surface area contributed by atoms with Crippen LogP contribution in [0.25, 0.3) is 16.0 Å². The highest BCUT2D eigenvalue weighted by Gasteiger charge is 2.32. The second-order valence-electron chi connectivity index (χ2n) is 8.23. The van der Waals surface area contributed by atoms with Crippen LogP contribution in [0, 0.1) is 11.3 Å². The maximum absolute atomic E-state index is 13.0. The highest BCUT2D eigenvalue weighted by Crippen LogP contribution is 2.42. The van der Waals surface area contributed by atoms with Crippen molar-refractivity contribution < 1.29 is 4.79 Å². The van der Waals surface area contributed by atoms with Crippen LogP contribution < -0.4 is 11.3 Å². The number of hydrogen-bond donors (Lipinski definition) is 1. The van der Waals surface area contributed by atoms with Crippen LogP contribution in [0.4, 0.5) is 0 Å². The van der Waals surface area contributed by atoms with Crippen LogP contribution in [0.3, 0.4) is 0 Å². The summed E-state index contributed by atoms with van der Waals surface area (Å²) in [5.41, 5.74) is 6.68. The first-order valence-electron chi connectivity index (χ1n) is 8.98. The summed E-state index contributed by atoms with van der Waals surface area (Å²) in [7, 11) is 1.72. The normalized spacial score (nSPS) is 17.6. The first-order valence-corrected chi connectivity index (χ1v) is 10.8. The summed E-state index contributed by atoms with van der Waals surface area (Å²) in [6.07, 6.45) is 3.01. The van der Waals surface area contributed by atoms with Gasteiger partial charge in [-0.25, -0.2) is 4.40 Å². The van der Waals surface area contributed by atoms with E-state index in [4.69, 9.17) is 5.73 Å². The number of amides is 1. The summed E-state index contributed by atoms with van der Waals surface area (Å²) in [4.78, 5) is 26.4. The Bertz CT molecular complexity index is 1120. The molecule has 144 valence electrons. The van der Waals surface area contributed by atoms with E-state index in [-0.39, 0.29) is 16.7 Å². The zero-order valence-corrected chi connectivity index (χ0v) is 17.5. The summed E-state index contributed by atoms with van der Waals surface area (Å²) in [6, 6.07) is 0. The molecule has 0 bridgehead atoms. The second kappa shape index (κ2) is 6.34. The first-order chi connectivity index (χ1) is 12.7. The van der Waals surface area contributed by atoms with Gasteiger partial charge in [0.25, 0.3) is 5.56 Å². The minimum Gasteiger partial charge on any atom is -0.369 e. The molecule has 0 fully saturated rings. The molecule has 1 aliphatic carbocycles. The third-order valence-corrected chi connectivity index (χ3v) is 7.64. The molecule has 4 rings (SSSR count). The largest absolute Gasteiger partial charge is 0.369 e. The number of fused-ring (bicyclic) bond motifs is 5. The highest BCUT2D eigenvalue weighted by atomic mass is 32.2. The second-order valence-corrected chi connectivity index (χ2v) is 10.3. The zero-order chi connectivity index (χ0) is 19.5. The number of nitrogens with zero attached hydrogens (tertiary/aromatic N) is 4. The van der Waals surface area contributed by atoms with E-state index in [0.717, 1.165) is 29.5 Å². The molecule has 0 aliphatic heterocycles. The minimum absolute atomic E-state index is 0.0249. The van der Waals surface area contributed by atoms with Gasteiger partial charge in [-0.3, -0.25) is 14.2 Å². The van der Waals surface area contributed by atoms with Crippen molar-refractivity contribution in [2.75, 3.05) is 5.75 Å². The van der Waals surface area contributed by atoms with E-state index >= 15 is 0 Å². The number of rotatable bonds is 3. The smallest absolute Gasteiger partial charge is 0.263 e. The van der Waals surface area contributed by atoms with Crippen molar-refractivity contribution in [1.29, 1.82) is 0 Å². The van der Waals surface area contributed by atoms with Crippen molar-refractivity contribution >= 4 is 45.0 Å². The summed E-state index contributed by atoms with van der Waals surface area (Å²) in [6.45, 7) is 6.85. The molecule has 0 radical (unpaired) electrons. The number of nitrogens with two attached hydrogens (primary N) is 1. The van der Waals surface area contributed by atoms with E-state index < -0.39 is 5.91 Å². The molecule has 0 aromatic carbocycles. The van der Waals surface area contributed by atoms with Crippen LogP contribution in [-0.2, 0) is 24.7 Å². The van der Waals surface area contributed by atoms with Gasteiger partial charge in [-0.1, -0.05) is 32.5 Å². The van der Waals surface area contributed by atoms with E-state index in [0.29, 0.717) is 16.9 Å². The summed E-state index contributed by atoms with van der Waals surface area (Å²) >= 11 is 2.92. The Balaban J connectivity index is 1.94. The lowest BCUT2D eigenvalue weighted by molar-refractivity contribution is -0.115. The quantitative estimate of drug-likeness (QED) is 0.675. The van der Waals surface area contributed by atoms with Crippen molar-refractivity contribution in [2.45, 2.75) is 45.2 Å². The van der Waals surface area contributed by atoms with E-state index in [9.17, 15) is 9.59 Å². The molecule has 7 nitrogen and oxygen atoms in total. The molecule has 0 saturated carbocycles. The summed E-state index contributed by atoms with van der Waals surface area (Å²) < 4.78 is 3.45. The Morgan fingerprint density at radius 3 is 2.78 bits per heavy atom. The summed E-state index contributed by atoms with van der Waals surface area (Å²) in [5.74, 6) is 0.811. The number of primary amides is 1. The van der Waals surface area contributed by atoms with Gasteiger partial charge in [0.05, 0.1) is 11.1 Å². The number of carbonyl (C=O) groups is 1. The standard InChI is InChI=1S/C18H23N5O2S2/c1-18(2,3)9-5-6-10-11(7-9)27-15-13(10)14(25)22(4)16-20-21-17(23(15)16)26-8-12(19)24/h9H,5-8H2,1-4H3,(H2,19,24)/t9-/m1/s1. The molecule has 3 heterocycles. The molecule has 1 aliphatic rings. The van der Waals surface area contributed by atoms with E-state index in [1.165, 1.54) is 22.2 Å². The van der Waals surface area contributed by atoms with Crippen LogP contribution >= 0.6 is 23.1 Å². The van der Waals surface area contributed by atoms with Crippen LogP contribution in [0.2, 0.25) is 0 Å². The number of aromatic nitrogens is 4. The maximum Gasteiger partial charge on any atom is 0.263 e. The van der Waals surface area contributed by atoms with Gasteiger partial charge in [-0.05, 0) is 36.2 Å². The molecule has 3 aromatic heterocycles. The fraction of sp³-hybridized carbons (Fsp3) is 0.556. The molecule has 1 atom stereocenters. The Morgan fingerprint density at radius 1 is 1.37 bits per heavy atom. The van der Waals surface area contributed by atoms with Crippen LogP contribution in [0.15, 0.2) is 9.95 Å². The average molecular weight is 406 g/mol. The Morgan fingerprint density at radius 2 is 2.11 bits per heavy atom. The monoisotopic (exact) mass is 405 g/mol. The van der Waals surface area contributed by atoms with E-state index in [1.807, 2.05) is 4.40 Å². The van der Waals surface area contributed by atoms with Gasteiger partial charge in [-0.15, -0.1) is 21.5 Å². The molecule has 1 amide bonds. The molecular weight excluding hydrogens is 382 g/mol. The van der Waals surface area contributed by atoms with Crippen LogP contribution in [-0.4, -0.2) is 30.8 Å². The van der Waals surface area contributed by atoms with E-state index in [1.54, 1.807) is 23.0 Å². The highest BCUT2D eigenvalue weighted by molar-refractivity contribution is 7.99. The van der Waals surface area contributed by atoms with E-state index in [2.05, 4.69) is 31.0 Å². The van der Waals surface area contributed by atoms with Gasteiger partial charge in [0.2, 0.25) is 11.7 Å². The number of hydrogen-bond acceptors (Lipinski definition) is 6. The minimum atomic E-state index is -0.406. The Kier molecular flexibility index (Phi) is 4.34. The molecule has 0 saturated heterocycles. The predicted molar refractivity (Wildman–Crippen MR) is 108 cm³/mol. The van der Waals surface area contributed by atoms with Crippen molar-refractivity contribution in [1.82, 2.24) is 19.2 Å². The van der Waals surface area contributed by atoms with Crippen molar-refractivity contribution in [2.24, 2.45) is 24.1 Å². The molecule has 2 N–H and O–H groups in total. The summed E-state index contributed by atoms with van der Waals surface area (Å²) in [5, 5.41) is 9.74. The van der Waals surface area contributed by atoms with Gasteiger partial charge < -0.3 is 5.73 Å². The van der Waals surface area contributed by atoms with Gasteiger partial charge in [0.15, 0.2) is 5.16 Å². The molecule has 0 unspecified atom stereocenters. The molecule has 27 heavy (non-hydrogen) atoms. The topological polar surface area (TPSA) is 95.3 Å². The fourth-order valence-electron chi connectivity index (χ4n) is 3.83. The lowest BCUT2D eigenvalue weighted by Gasteiger charge is -2.33. The lowest BCUT2D eigenvalue weighted by Crippen LogP contribution is -2.27.